The highest BCUT2D eigenvalue weighted by Gasteiger charge is 2.49. The van der Waals surface area contributed by atoms with Gasteiger partial charge in [-0.3, -0.25) is 43.8 Å². The van der Waals surface area contributed by atoms with Gasteiger partial charge >= 0.3 is 5.92 Å². The topological polar surface area (TPSA) is 216 Å². The van der Waals surface area contributed by atoms with Crippen molar-refractivity contribution in [2.75, 3.05) is 60.8 Å². The van der Waals surface area contributed by atoms with Crippen LogP contribution in [0.25, 0.3) is 0 Å². The molecule has 0 spiro atoms. The van der Waals surface area contributed by atoms with Crippen molar-refractivity contribution in [3.63, 3.8) is 0 Å². The van der Waals surface area contributed by atoms with Crippen LogP contribution in [0.5, 0.6) is 5.75 Å². The lowest BCUT2D eigenvalue weighted by Crippen LogP contribution is -2.54. The van der Waals surface area contributed by atoms with Crippen molar-refractivity contribution in [1.82, 2.24) is 30.4 Å². The summed E-state index contributed by atoms with van der Waals surface area (Å²) in [6.45, 7) is 0.138. The van der Waals surface area contributed by atoms with Gasteiger partial charge in [0.2, 0.25) is 23.7 Å². The molecule has 1 saturated carbocycles. The molecule has 2 atom stereocenters. The van der Waals surface area contributed by atoms with E-state index in [4.69, 9.17) is 4.74 Å². The number of nitrogens with zero attached hydrogens (tertiary/aromatic N) is 6. The number of piperidine rings is 1. The molecule has 2 unspecified atom stereocenters. The van der Waals surface area contributed by atoms with E-state index in [2.05, 4.69) is 31.2 Å². The first kappa shape index (κ1) is 43.8. The number of benzene rings is 2. The molecule has 2 saturated heterocycles. The van der Waals surface area contributed by atoms with E-state index in [-0.39, 0.29) is 83.3 Å². The molecule has 4 aliphatic heterocycles. The van der Waals surface area contributed by atoms with Crippen molar-refractivity contribution in [3.8, 4) is 5.75 Å². The van der Waals surface area contributed by atoms with Gasteiger partial charge < -0.3 is 35.4 Å². The number of alkyl halides is 2. The molecule has 8 rings (SSSR count). The van der Waals surface area contributed by atoms with Crippen molar-refractivity contribution in [2.45, 2.75) is 88.3 Å². The number of unbranched alkanes of at least 4 members (excludes halogenated alkanes) is 1. The highest BCUT2D eigenvalue weighted by Crippen LogP contribution is 2.40. The lowest BCUT2D eigenvalue weighted by molar-refractivity contribution is -0.140. The number of hydrogen-bond donors (Lipinski definition) is 4. The number of aromatic nitrogens is 2. The van der Waals surface area contributed by atoms with E-state index in [1.165, 1.54) is 37.4 Å². The third-order valence-corrected chi connectivity index (χ3v) is 12.4. The molecule has 1 aliphatic carbocycles. The Balaban J connectivity index is 0.834. The maximum Gasteiger partial charge on any atom is 0.342 e. The number of hydrogen-bond acceptors (Lipinski definition) is 13. The monoisotopic (exact) mass is 888 g/mol. The predicted octanol–water partition coefficient (Wildman–Crippen LogP) is 3.74. The van der Waals surface area contributed by atoms with Gasteiger partial charge in [-0.2, -0.15) is 13.8 Å². The molecule has 5 heterocycles. The SMILES string of the molecule is COc1cc(C(=O)NC2CCN(C(=O)CCCCNc3cccc4c3C(=O)N(C3CCC(=O)NC3=O)C4=O)C2)c(F)cc1Nc1ncc2c(n1)N(C1CCCC1)CC(F)(F)C(=O)N2C. The smallest absolute Gasteiger partial charge is 0.342 e. The molecule has 18 nitrogen and oxygen atoms in total. The fourth-order valence-corrected chi connectivity index (χ4v) is 9.03. The molecule has 0 bridgehead atoms. The minimum Gasteiger partial charge on any atom is -0.495 e. The predicted molar refractivity (Wildman–Crippen MR) is 224 cm³/mol. The maximum absolute atomic E-state index is 15.6. The van der Waals surface area contributed by atoms with Gasteiger partial charge in [0.1, 0.15) is 23.3 Å². The second-order valence-corrected chi connectivity index (χ2v) is 16.6. The van der Waals surface area contributed by atoms with Crippen LogP contribution in [0, 0.1) is 5.82 Å². The van der Waals surface area contributed by atoms with Gasteiger partial charge in [0, 0.05) is 63.4 Å². The molecule has 3 aromatic rings. The molecular formula is C43H47F3N10O8. The second kappa shape index (κ2) is 17.8. The fraction of sp³-hybridized carbons (Fsp3) is 0.465. The van der Waals surface area contributed by atoms with Crippen LogP contribution >= 0.6 is 0 Å². The Morgan fingerprint density at radius 3 is 2.53 bits per heavy atom. The summed E-state index contributed by atoms with van der Waals surface area (Å²) >= 11 is 0. The van der Waals surface area contributed by atoms with E-state index in [0.29, 0.717) is 50.9 Å². The summed E-state index contributed by atoms with van der Waals surface area (Å²) in [5, 5.41) is 11.0. The van der Waals surface area contributed by atoms with E-state index in [1.807, 2.05) is 0 Å². The zero-order chi connectivity index (χ0) is 45.4. The number of ether oxygens (including phenoxy) is 1. The molecule has 338 valence electrons. The summed E-state index contributed by atoms with van der Waals surface area (Å²) in [4.78, 5) is 103. The first-order valence-corrected chi connectivity index (χ1v) is 21.3. The standard InChI is InChI=1S/C43H47F3N10O8/c1-53-31-20-48-42(52-36(31)55(24-8-3-4-9-24)22-43(45,46)41(53)63)50-29-19-27(44)26(18-32(29)64-2)37(59)49-23-15-17-54(21-23)34(58)12-5-6-16-47-28-11-7-10-25-35(28)40(62)56(39(25)61)30-13-14-33(57)51-38(30)60/h7,10-11,18-20,23-24,30,47H,3-6,8-9,12-17,21-22H2,1-2H3,(H,49,59)(H,48,50,52)(H,51,57,60). The molecule has 64 heavy (non-hydrogen) atoms. The number of amides is 7. The summed E-state index contributed by atoms with van der Waals surface area (Å²) in [6, 6.07) is 5.27. The Hall–Kier alpha value is -6.80. The number of carbonyl (C=O) groups is 7. The van der Waals surface area contributed by atoms with Crippen molar-refractivity contribution in [3.05, 3.63) is 59.0 Å². The molecule has 7 amide bonds. The van der Waals surface area contributed by atoms with Crippen LogP contribution in [0.2, 0.25) is 0 Å². The Labute approximate surface area is 365 Å². The Kier molecular flexibility index (Phi) is 12.2. The van der Waals surface area contributed by atoms with Gasteiger partial charge in [-0.1, -0.05) is 18.9 Å². The number of imide groups is 2. The van der Waals surface area contributed by atoms with E-state index >= 15 is 13.2 Å². The van der Waals surface area contributed by atoms with Gasteiger partial charge in [-0.05, 0) is 56.7 Å². The zero-order valence-corrected chi connectivity index (χ0v) is 35.2. The Morgan fingerprint density at radius 2 is 1.78 bits per heavy atom. The largest absolute Gasteiger partial charge is 0.495 e. The van der Waals surface area contributed by atoms with Crippen molar-refractivity contribution >= 4 is 70.2 Å². The van der Waals surface area contributed by atoms with Gasteiger partial charge in [0.05, 0.1) is 42.2 Å². The number of methoxy groups -OCH3 is 1. The number of rotatable bonds is 13. The Bertz CT molecular complexity index is 2430. The third-order valence-electron chi connectivity index (χ3n) is 12.4. The lowest BCUT2D eigenvalue weighted by atomic mass is 10.0. The molecule has 21 heteroatoms. The van der Waals surface area contributed by atoms with Gasteiger partial charge in [0.25, 0.3) is 23.6 Å². The van der Waals surface area contributed by atoms with E-state index in [1.54, 1.807) is 17.0 Å². The molecule has 0 radical (unpaired) electrons. The van der Waals surface area contributed by atoms with Crippen LogP contribution in [-0.4, -0.2) is 126 Å². The molecule has 1 aromatic heterocycles. The van der Waals surface area contributed by atoms with Crippen molar-refractivity contribution in [1.29, 1.82) is 0 Å². The van der Waals surface area contributed by atoms with Gasteiger partial charge in [0.15, 0.2) is 5.82 Å². The molecular weight excluding hydrogens is 842 g/mol. The van der Waals surface area contributed by atoms with Crippen LogP contribution in [-0.2, 0) is 19.2 Å². The molecule has 2 aromatic carbocycles. The average Bonchev–Trinajstić information content (AvgIpc) is 4.02. The summed E-state index contributed by atoms with van der Waals surface area (Å²) in [6.07, 6.45) is 6.04. The number of halogens is 3. The summed E-state index contributed by atoms with van der Waals surface area (Å²) in [5.74, 6) is -8.99. The van der Waals surface area contributed by atoms with Gasteiger partial charge in [-0.15, -0.1) is 0 Å². The van der Waals surface area contributed by atoms with Crippen LogP contribution in [0.4, 0.5) is 42.0 Å². The number of anilines is 5. The lowest BCUT2D eigenvalue weighted by Gasteiger charge is -2.31. The maximum atomic E-state index is 15.6. The quantitative estimate of drug-likeness (QED) is 0.142. The van der Waals surface area contributed by atoms with Crippen molar-refractivity contribution in [2.24, 2.45) is 0 Å². The normalized spacial score (nSPS) is 20.9. The summed E-state index contributed by atoms with van der Waals surface area (Å²) in [7, 11) is 2.57. The van der Waals surface area contributed by atoms with E-state index in [9.17, 15) is 33.6 Å². The zero-order valence-electron chi connectivity index (χ0n) is 35.2. The van der Waals surface area contributed by atoms with Crippen LogP contribution in [0.15, 0.2) is 36.5 Å². The molecule has 4 N–H and O–H groups in total. The third kappa shape index (κ3) is 8.49. The summed E-state index contributed by atoms with van der Waals surface area (Å²) in [5.41, 5.74) is 0.596. The van der Waals surface area contributed by atoms with Crippen LogP contribution in [0.3, 0.4) is 0 Å². The number of nitrogens with one attached hydrogen (secondary N) is 4. The highest BCUT2D eigenvalue weighted by molar-refractivity contribution is 6.25. The number of likely N-dealkylation sites (tertiary alicyclic amines) is 1. The number of carbonyl (C=O) groups excluding carboxylic acids is 7. The molecule has 5 aliphatic rings. The average molecular weight is 889 g/mol. The Morgan fingerprint density at radius 1 is 1.00 bits per heavy atom. The first-order chi connectivity index (χ1) is 30.6. The first-order valence-electron chi connectivity index (χ1n) is 21.3. The minimum atomic E-state index is -3.66. The minimum absolute atomic E-state index is 0.0156. The number of fused-ring (bicyclic) bond motifs is 2. The van der Waals surface area contributed by atoms with Crippen molar-refractivity contribution < 1.29 is 51.5 Å². The summed E-state index contributed by atoms with van der Waals surface area (Å²) < 4.78 is 51.2. The highest BCUT2D eigenvalue weighted by atomic mass is 19.3. The van der Waals surface area contributed by atoms with E-state index < -0.39 is 65.8 Å². The van der Waals surface area contributed by atoms with E-state index in [0.717, 1.165) is 28.7 Å². The van der Waals surface area contributed by atoms with Crippen LogP contribution in [0.1, 0.15) is 95.3 Å². The van der Waals surface area contributed by atoms with Crippen LogP contribution < -0.4 is 35.8 Å². The van der Waals surface area contributed by atoms with Gasteiger partial charge in [-0.25, -0.2) is 9.37 Å². The fourth-order valence-electron chi connectivity index (χ4n) is 9.03. The second-order valence-electron chi connectivity index (χ2n) is 16.6. The molecule has 3 fully saturated rings.